The highest BCUT2D eigenvalue weighted by atomic mass is 127. The molecule has 1 aromatic carbocycles. The SMILES string of the molecule is CN=C(NCCCOCC1CCCO1)NCCc1coc(-c2ccc(C)cc2)n1.I. The lowest BCUT2D eigenvalue weighted by molar-refractivity contribution is 0.0168. The Kier molecular flexibility index (Phi) is 11.2. The van der Waals surface area contributed by atoms with E-state index in [1.165, 1.54) is 5.56 Å². The first kappa shape index (κ1) is 24.6. The lowest BCUT2D eigenvalue weighted by atomic mass is 10.1. The molecule has 0 radical (unpaired) electrons. The van der Waals surface area contributed by atoms with Crippen LogP contribution < -0.4 is 10.6 Å². The van der Waals surface area contributed by atoms with E-state index in [1.54, 1.807) is 13.3 Å². The Balaban J connectivity index is 0.00000320. The maximum absolute atomic E-state index is 5.67. The summed E-state index contributed by atoms with van der Waals surface area (Å²) in [5.74, 6) is 1.44. The smallest absolute Gasteiger partial charge is 0.226 e. The fourth-order valence-corrected chi connectivity index (χ4v) is 3.15. The van der Waals surface area contributed by atoms with Gasteiger partial charge in [0.05, 0.1) is 18.4 Å². The third-order valence-corrected chi connectivity index (χ3v) is 4.83. The van der Waals surface area contributed by atoms with Crippen LogP contribution >= 0.6 is 24.0 Å². The molecule has 2 N–H and O–H groups in total. The first-order chi connectivity index (χ1) is 14.2. The Labute approximate surface area is 196 Å². The number of aromatic nitrogens is 1. The number of benzene rings is 1. The van der Waals surface area contributed by atoms with Crippen molar-refractivity contribution in [3.63, 3.8) is 0 Å². The highest BCUT2D eigenvalue weighted by Gasteiger charge is 2.14. The molecule has 1 aliphatic heterocycles. The van der Waals surface area contributed by atoms with Crippen molar-refractivity contribution in [3.8, 4) is 11.5 Å². The lowest BCUT2D eigenvalue weighted by Crippen LogP contribution is -2.39. The normalized spacial score (nSPS) is 16.3. The average Bonchev–Trinajstić information content (AvgIpc) is 3.42. The highest BCUT2D eigenvalue weighted by molar-refractivity contribution is 14.0. The molecule has 1 atom stereocenters. The molecule has 0 saturated carbocycles. The highest BCUT2D eigenvalue weighted by Crippen LogP contribution is 2.19. The molecule has 8 heteroatoms. The van der Waals surface area contributed by atoms with Crippen LogP contribution in [0.4, 0.5) is 0 Å². The van der Waals surface area contributed by atoms with Gasteiger partial charge < -0.3 is 24.5 Å². The molecule has 1 fully saturated rings. The number of aryl methyl sites for hydroxylation is 1. The minimum absolute atomic E-state index is 0. The molecule has 1 aliphatic rings. The summed E-state index contributed by atoms with van der Waals surface area (Å²) in [6, 6.07) is 8.17. The van der Waals surface area contributed by atoms with E-state index in [9.17, 15) is 0 Å². The average molecular weight is 528 g/mol. The van der Waals surface area contributed by atoms with E-state index in [2.05, 4.69) is 39.7 Å². The Bertz CT molecular complexity index is 758. The van der Waals surface area contributed by atoms with Gasteiger partial charge in [-0.15, -0.1) is 24.0 Å². The molecule has 0 bridgehead atoms. The number of hydrogen-bond donors (Lipinski definition) is 2. The van der Waals surface area contributed by atoms with Crippen LogP contribution in [0.25, 0.3) is 11.5 Å². The van der Waals surface area contributed by atoms with E-state index in [-0.39, 0.29) is 24.0 Å². The second-order valence-electron chi connectivity index (χ2n) is 7.25. The van der Waals surface area contributed by atoms with E-state index in [4.69, 9.17) is 13.9 Å². The number of halogens is 1. The number of nitrogens with one attached hydrogen (secondary N) is 2. The Morgan fingerprint density at radius 2 is 2.03 bits per heavy atom. The first-order valence-electron chi connectivity index (χ1n) is 10.4. The largest absolute Gasteiger partial charge is 0.444 e. The van der Waals surface area contributed by atoms with Gasteiger partial charge >= 0.3 is 0 Å². The van der Waals surface area contributed by atoms with Crippen LogP contribution in [0.3, 0.4) is 0 Å². The van der Waals surface area contributed by atoms with Gasteiger partial charge in [-0.05, 0) is 38.3 Å². The second-order valence-corrected chi connectivity index (χ2v) is 7.25. The van der Waals surface area contributed by atoms with E-state index in [0.29, 0.717) is 18.6 Å². The van der Waals surface area contributed by atoms with Gasteiger partial charge in [0.25, 0.3) is 0 Å². The fraction of sp³-hybridized carbons (Fsp3) is 0.545. The van der Waals surface area contributed by atoms with Crippen LogP contribution in [0.15, 0.2) is 39.9 Å². The van der Waals surface area contributed by atoms with Crippen LogP contribution in [0, 0.1) is 6.92 Å². The van der Waals surface area contributed by atoms with E-state index in [1.807, 2.05) is 12.1 Å². The standard InChI is InChI=1S/C22H32N4O3.HI/c1-17-6-8-18(9-7-17)21-26-19(15-29-21)10-12-25-22(23-2)24-11-4-13-27-16-20-5-3-14-28-20;/h6-9,15,20H,3-5,10-14,16H2,1-2H3,(H2,23,24,25);1H. The van der Waals surface area contributed by atoms with Gasteiger partial charge in [-0.1, -0.05) is 17.7 Å². The zero-order valence-electron chi connectivity index (χ0n) is 17.9. The maximum atomic E-state index is 5.67. The number of guanidine groups is 1. The molecule has 1 aromatic heterocycles. The third-order valence-electron chi connectivity index (χ3n) is 4.83. The van der Waals surface area contributed by atoms with Crippen LogP contribution in [0.1, 0.15) is 30.5 Å². The minimum atomic E-state index is 0. The van der Waals surface area contributed by atoms with Crippen LogP contribution in [-0.4, -0.2) is 57.0 Å². The molecular weight excluding hydrogens is 495 g/mol. The van der Waals surface area contributed by atoms with Crippen molar-refractivity contribution >= 4 is 29.9 Å². The van der Waals surface area contributed by atoms with Crippen molar-refractivity contribution in [1.29, 1.82) is 0 Å². The van der Waals surface area contributed by atoms with Gasteiger partial charge in [-0.2, -0.15) is 0 Å². The van der Waals surface area contributed by atoms with E-state index >= 15 is 0 Å². The molecule has 0 aliphatic carbocycles. The van der Waals surface area contributed by atoms with Gasteiger partial charge in [-0.25, -0.2) is 4.98 Å². The van der Waals surface area contributed by atoms with Crippen molar-refractivity contribution in [2.75, 3.05) is 40.0 Å². The molecule has 166 valence electrons. The summed E-state index contributed by atoms with van der Waals surface area (Å²) in [6.07, 6.45) is 5.97. The molecule has 2 aromatic rings. The first-order valence-corrected chi connectivity index (χ1v) is 10.4. The van der Waals surface area contributed by atoms with Crippen LogP contribution in [-0.2, 0) is 15.9 Å². The molecule has 0 amide bonds. The summed E-state index contributed by atoms with van der Waals surface area (Å²) in [7, 11) is 1.77. The molecule has 3 rings (SSSR count). The summed E-state index contributed by atoms with van der Waals surface area (Å²) in [5.41, 5.74) is 3.14. The van der Waals surface area contributed by atoms with Gasteiger partial charge in [0, 0.05) is 45.3 Å². The third kappa shape index (κ3) is 8.23. The number of ether oxygens (including phenoxy) is 2. The maximum Gasteiger partial charge on any atom is 0.226 e. The Hall–Kier alpha value is -1.65. The zero-order chi connectivity index (χ0) is 20.3. The van der Waals surface area contributed by atoms with Crippen molar-refractivity contribution in [2.24, 2.45) is 4.99 Å². The molecule has 2 heterocycles. The summed E-state index contributed by atoms with van der Waals surface area (Å²) in [4.78, 5) is 8.82. The molecule has 30 heavy (non-hydrogen) atoms. The number of oxazole rings is 1. The molecule has 1 unspecified atom stereocenters. The Morgan fingerprint density at radius 1 is 1.23 bits per heavy atom. The number of nitrogens with zero attached hydrogens (tertiary/aromatic N) is 2. The van der Waals surface area contributed by atoms with Gasteiger partial charge in [0.15, 0.2) is 5.96 Å². The molecular formula is C22H33IN4O3. The van der Waals surface area contributed by atoms with E-state index in [0.717, 1.165) is 69.2 Å². The summed E-state index contributed by atoms with van der Waals surface area (Å²) in [5, 5.41) is 6.61. The number of hydrogen-bond acceptors (Lipinski definition) is 5. The molecule has 0 spiro atoms. The molecule has 7 nitrogen and oxygen atoms in total. The predicted octanol–water partition coefficient (Wildman–Crippen LogP) is 3.56. The van der Waals surface area contributed by atoms with Crippen molar-refractivity contribution in [1.82, 2.24) is 15.6 Å². The van der Waals surface area contributed by atoms with E-state index < -0.39 is 0 Å². The number of aliphatic imine (C=N–C) groups is 1. The second kappa shape index (κ2) is 13.6. The molecule has 1 saturated heterocycles. The van der Waals surface area contributed by atoms with Crippen LogP contribution in [0.5, 0.6) is 0 Å². The summed E-state index contributed by atoms with van der Waals surface area (Å²) in [6.45, 7) is 5.91. The summed E-state index contributed by atoms with van der Waals surface area (Å²) < 4.78 is 16.8. The van der Waals surface area contributed by atoms with Gasteiger partial charge in [0.2, 0.25) is 5.89 Å². The number of rotatable bonds is 10. The quantitative estimate of drug-likeness (QED) is 0.213. The summed E-state index contributed by atoms with van der Waals surface area (Å²) >= 11 is 0. The predicted molar refractivity (Wildman–Crippen MR) is 130 cm³/mol. The van der Waals surface area contributed by atoms with Crippen molar-refractivity contribution in [2.45, 2.75) is 38.7 Å². The zero-order valence-corrected chi connectivity index (χ0v) is 20.2. The van der Waals surface area contributed by atoms with Gasteiger partial charge in [-0.3, -0.25) is 4.99 Å². The fourth-order valence-electron chi connectivity index (χ4n) is 3.15. The van der Waals surface area contributed by atoms with Crippen molar-refractivity contribution < 1.29 is 13.9 Å². The Morgan fingerprint density at radius 3 is 2.77 bits per heavy atom. The van der Waals surface area contributed by atoms with Crippen molar-refractivity contribution in [3.05, 3.63) is 41.8 Å². The topological polar surface area (TPSA) is 80.9 Å². The lowest BCUT2D eigenvalue weighted by Gasteiger charge is -2.12. The monoisotopic (exact) mass is 528 g/mol. The van der Waals surface area contributed by atoms with Gasteiger partial charge in [0.1, 0.15) is 6.26 Å². The van der Waals surface area contributed by atoms with Crippen LogP contribution in [0.2, 0.25) is 0 Å². The minimum Gasteiger partial charge on any atom is -0.444 e.